The SMILES string of the molecule is COc1cc(NC(=O)C(=O)Nc2ccc(C)c(Cl)c2)cc(OC)c1OC. The summed E-state index contributed by atoms with van der Waals surface area (Å²) in [6.45, 7) is 1.84. The number of rotatable bonds is 5. The number of carbonyl (C=O) groups is 2. The van der Waals surface area contributed by atoms with Crippen LogP contribution < -0.4 is 24.8 Å². The van der Waals surface area contributed by atoms with Gasteiger partial charge in [-0.15, -0.1) is 0 Å². The molecule has 0 saturated carbocycles. The summed E-state index contributed by atoms with van der Waals surface area (Å²) in [7, 11) is 4.38. The number of nitrogens with one attached hydrogen (secondary N) is 2. The lowest BCUT2D eigenvalue weighted by Crippen LogP contribution is -2.29. The maximum atomic E-state index is 12.2. The summed E-state index contributed by atoms with van der Waals surface area (Å²) in [6.07, 6.45) is 0. The summed E-state index contributed by atoms with van der Waals surface area (Å²) in [4.78, 5) is 24.2. The van der Waals surface area contributed by atoms with Crippen LogP contribution in [0.3, 0.4) is 0 Å². The fourth-order valence-corrected chi connectivity index (χ4v) is 2.38. The molecule has 2 N–H and O–H groups in total. The number of aryl methyl sites for hydroxylation is 1. The molecule has 0 radical (unpaired) electrons. The van der Waals surface area contributed by atoms with Gasteiger partial charge in [0, 0.05) is 28.5 Å². The predicted octanol–water partition coefficient (Wildman–Crippen LogP) is 3.25. The Morgan fingerprint density at radius 1 is 0.846 bits per heavy atom. The minimum Gasteiger partial charge on any atom is -0.493 e. The molecule has 0 bridgehead atoms. The van der Waals surface area contributed by atoms with Gasteiger partial charge in [0.05, 0.1) is 21.3 Å². The van der Waals surface area contributed by atoms with Crippen LogP contribution in [0.15, 0.2) is 30.3 Å². The molecule has 0 aromatic heterocycles. The van der Waals surface area contributed by atoms with E-state index in [1.54, 1.807) is 18.2 Å². The van der Waals surface area contributed by atoms with Gasteiger partial charge in [0.2, 0.25) is 5.75 Å². The maximum Gasteiger partial charge on any atom is 0.314 e. The number of ether oxygens (including phenoxy) is 3. The van der Waals surface area contributed by atoms with Crippen molar-refractivity contribution in [2.24, 2.45) is 0 Å². The van der Waals surface area contributed by atoms with Crippen LogP contribution in [0.2, 0.25) is 5.02 Å². The number of hydrogen-bond acceptors (Lipinski definition) is 5. The molecule has 0 spiro atoms. The zero-order chi connectivity index (χ0) is 19.3. The topological polar surface area (TPSA) is 85.9 Å². The Hall–Kier alpha value is -2.93. The molecule has 8 heteroatoms. The van der Waals surface area contributed by atoms with Gasteiger partial charge in [-0.2, -0.15) is 0 Å². The molecule has 0 aliphatic heterocycles. The monoisotopic (exact) mass is 378 g/mol. The fourth-order valence-electron chi connectivity index (χ4n) is 2.20. The molecule has 2 aromatic carbocycles. The van der Waals surface area contributed by atoms with Crippen LogP contribution in [0.4, 0.5) is 11.4 Å². The maximum absolute atomic E-state index is 12.2. The average Bonchev–Trinajstić information content (AvgIpc) is 2.63. The predicted molar refractivity (Wildman–Crippen MR) is 99.5 cm³/mol. The zero-order valence-electron chi connectivity index (χ0n) is 14.8. The molecule has 0 aliphatic rings. The van der Waals surface area contributed by atoms with E-state index in [9.17, 15) is 9.59 Å². The number of amides is 2. The first-order valence-electron chi connectivity index (χ1n) is 7.58. The van der Waals surface area contributed by atoms with Gasteiger partial charge in [0.15, 0.2) is 11.5 Å². The molecule has 0 fully saturated rings. The normalized spacial score (nSPS) is 10.0. The smallest absolute Gasteiger partial charge is 0.314 e. The number of carbonyl (C=O) groups excluding carboxylic acids is 2. The summed E-state index contributed by atoms with van der Waals surface area (Å²) in [5.74, 6) is -0.595. The van der Waals surface area contributed by atoms with Crippen molar-refractivity contribution < 1.29 is 23.8 Å². The van der Waals surface area contributed by atoms with Crippen LogP contribution >= 0.6 is 11.6 Å². The van der Waals surface area contributed by atoms with Crippen molar-refractivity contribution >= 4 is 34.8 Å². The Morgan fingerprint density at radius 3 is 1.85 bits per heavy atom. The van der Waals surface area contributed by atoms with E-state index in [1.807, 2.05) is 6.92 Å². The molecule has 0 heterocycles. The van der Waals surface area contributed by atoms with E-state index in [2.05, 4.69) is 10.6 Å². The first-order valence-corrected chi connectivity index (χ1v) is 7.96. The molecule has 2 aromatic rings. The Kier molecular flexibility index (Phi) is 6.30. The second kappa shape index (κ2) is 8.44. The van der Waals surface area contributed by atoms with Gasteiger partial charge < -0.3 is 24.8 Å². The molecule has 0 atom stereocenters. The molecule has 2 rings (SSSR count). The molecular weight excluding hydrogens is 360 g/mol. The molecule has 0 saturated heterocycles. The van der Waals surface area contributed by atoms with E-state index in [4.69, 9.17) is 25.8 Å². The second-order valence-electron chi connectivity index (χ2n) is 5.29. The third kappa shape index (κ3) is 4.37. The highest BCUT2D eigenvalue weighted by atomic mass is 35.5. The molecular formula is C18H19ClN2O5. The number of methoxy groups -OCH3 is 3. The Bertz CT molecular complexity index is 813. The van der Waals surface area contributed by atoms with Gasteiger partial charge in [0.1, 0.15) is 0 Å². The van der Waals surface area contributed by atoms with Crippen LogP contribution in [0, 0.1) is 6.92 Å². The lowest BCUT2D eigenvalue weighted by atomic mass is 10.2. The van der Waals surface area contributed by atoms with E-state index in [0.29, 0.717) is 33.6 Å². The van der Waals surface area contributed by atoms with E-state index in [0.717, 1.165) is 5.56 Å². The Balaban J connectivity index is 2.15. The summed E-state index contributed by atoms with van der Waals surface area (Å²) < 4.78 is 15.6. The van der Waals surface area contributed by atoms with Gasteiger partial charge in [-0.05, 0) is 24.6 Å². The van der Waals surface area contributed by atoms with Gasteiger partial charge in [-0.25, -0.2) is 0 Å². The zero-order valence-corrected chi connectivity index (χ0v) is 15.6. The highest BCUT2D eigenvalue weighted by Crippen LogP contribution is 2.39. The van der Waals surface area contributed by atoms with Crippen molar-refractivity contribution in [1.29, 1.82) is 0 Å². The summed E-state index contributed by atoms with van der Waals surface area (Å²) >= 11 is 6.01. The lowest BCUT2D eigenvalue weighted by molar-refractivity contribution is -0.133. The van der Waals surface area contributed by atoms with Crippen molar-refractivity contribution in [3.63, 3.8) is 0 Å². The Morgan fingerprint density at radius 2 is 1.38 bits per heavy atom. The van der Waals surface area contributed by atoms with E-state index < -0.39 is 11.8 Å². The van der Waals surface area contributed by atoms with E-state index in [1.165, 1.54) is 33.5 Å². The minimum atomic E-state index is -0.851. The molecule has 0 unspecified atom stereocenters. The van der Waals surface area contributed by atoms with Crippen LogP contribution in [-0.2, 0) is 9.59 Å². The molecule has 138 valence electrons. The highest BCUT2D eigenvalue weighted by Gasteiger charge is 2.18. The quantitative estimate of drug-likeness (QED) is 0.780. The largest absolute Gasteiger partial charge is 0.493 e. The minimum absolute atomic E-state index is 0.321. The number of halogens is 1. The van der Waals surface area contributed by atoms with Crippen LogP contribution in [0.1, 0.15) is 5.56 Å². The molecule has 2 amide bonds. The molecule has 26 heavy (non-hydrogen) atoms. The number of hydrogen-bond donors (Lipinski definition) is 2. The summed E-state index contributed by atoms with van der Waals surface area (Å²) in [6, 6.07) is 8.02. The standard InChI is InChI=1S/C18H19ClN2O5/c1-10-5-6-11(7-13(10)19)20-17(22)18(23)21-12-8-14(24-2)16(26-4)15(9-12)25-3/h5-9H,1-4H3,(H,20,22)(H,21,23). The summed E-state index contributed by atoms with van der Waals surface area (Å²) in [5, 5.41) is 5.47. The number of anilines is 2. The third-order valence-corrected chi connectivity index (χ3v) is 3.97. The van der Waals surface area contributed by atoms with Crippen molar-refractivity contribution in [3.05, 3.63) is 40.9 Å². The fraction of sp³-hybridized carbons (Fsp3) is 0.222. The van der Waals surface area contributed by atoms with Crippen molar-refractivity contribution in [3.8, 4) is 17.2 Å². The van der Waals surface area contributed by atoms with Crippen LogP contribution in [-0.4, -0.2) is 33.1 Å². The van der Waals surface area contributed by atoms with Crippen molar-refractivity contribution in [1.82, 2.24) is 0 Å². The van der Waals surface area contributed by atoms with Crippen molar-refractivity contribution in [2.45, 2.75) is 6.92 Å². The molecule has 7 nitrogen and oxygen atoms in total. The van der Waals surface area contributed by atoms with Gasteiger partial charge in [-0.1, -0.05) is 17.7 Å². The number of benzene rings is 2. The van der Waals surface area contributed by atoms with Crippen LogP contribution in [0.5, 0.6) is 17.2 Å². The first-order chi connectivity index (χ1) is 12.4. The molecule has 0 aliphatic carbocycles. The van der Waals surface area contributed by atoms with Gasteiger partial charge in [0.25, 0.3) is 0 Å². The second-order valence-corrected chi connectivity index (χ2v) is 5.69. The van der Waals surface area contributed by atoms with Gasteiger partial charge in [-0.3, -0.25) is 9.59 Å². The highest BCUT2D eigenvalue weighted by molar-refractivity contribution is 6.43. The third-order valence-electron chi connectivity index (χ3n) is 3.56. The average molecular weight is 379 g/mol. The van der Waals surface area contributed by atoms with E-state index in [-0.39, 0.29) is 0 Å². The summed E-state index contributed by atoms with van der Waals surface area (Å²) in [5.41, 5.74) is 1.61. The Labute approximate surface area is 156 Å². The van der Waals surface area contributed by atoms with Crippen molar-refractivity contribution in [2.75, 3.05) is 32.0 Å². The van der Waals surface area contributed by atoms with Gasteiger partial charge >= 0.3 is 11.8 Å². The first kappa shape index (κ1) is 19.4. The van der Waals surface area contributed by atoms with E-state index >= 15 is 0 Å². The van der Waals surface area contributed by atoms with Crippen LogP contribution in [0.25, 0.3) is 0 Å². The lowest BCUT2D eigenvalue weighted by Gasteiger charge is -2.14.